The molecule has 0 amide bonds. The first kappa shape index (κ1) is 16.6. The van der Waals surface area contributed by atoms with Crippen molar-refractivity contribution in [1.82, 2.24) is 5.32 Å². The monoisotopic (exact) mass is 293 g/mol. The molecular formula is C18H31NO2. The highest BCUT2D eigenvalue weighted by Crippen LogP contribution is 2.21. The minimum absolute atomic E-state index is 0.610. The van der Waals surface area contributed by atoms with E-state index in [1.54, 1.807) is 0 Å². The lowest BCUT2D eigenvalue weighted by atomic mass is 10.1. The molecule has 1 aromatic rings. The summed E-state index contributed by atoms with van der Waals surface area (Å²) in [5, 5.41) is 3.49. The second-order valence-electron chi connectivity index (χ2n) is 6.29. The minimum Gasteiger partial charge on any atom is -0.462 e. The average molecular weight is 293 g/mol. The van der Waals surface area contributed by atoms with Gasteiger partial charge in [0.15, 0.2) is 0 Å². The van der Waals surface area contributed by atoms with Crippen LogP contribution in [0.25, 0.3) is 0 Å². The van der Waals surface area contributed by atoms with Crippen LogP contribution in [-0.4, -0.2) is 12.6 Å². The Bertz CT molecular complexity index is 396. The van der Waals surface area contributed by atoms with E-state index in [-0.39, 0.29) is 0 Å². The van der Waals surface area contributed by atoms with Gasteiger partial charge in [-0.1, -0.05) is 39.0 Å². The van der Waals surface area contributed by atoms with Crippen molar-refractivity contribution < 1.29 is 9.15 Å². The largest absolute Gasteiger partial charge is 0.462 e. The molecule has 1 aliphatic carbocycles. The van der Waals surface area contributed by atoms with Crippen LogP contribution in [0, 0.1) is 6.92 Å². The molecule has 120 valence electrons. The van der Waals surface area contributed by atoms with Crippen molar-refractivity contribution in [1.29, 1.82) is 0 Å². The third-order valence-electron chi connectivity index (χ3n) is 4.09. The van der Waals surface area contributed by atoms with Gasteiger partial charge in [-0.3, -0.25) is 0 Å². The molecule has 3 nitrogen and oxygen atoms in total. The molecule has 1 N–H and O–H groups in total. The summed E-state index contributed by atoms with van der Waals surface area (Å²) in [4.78, 5) is 0. The first-order valence-corrected chi connectivity index (χ1v) is 8.69. The van der Waals surface area contributed by atoms with E-state index in [2.05, 4.69) is 25.2 Å². The number of ether oxygens (including phenoxy) is 1. The lowest BCUT2D eigenvalue weighted by molar-refractivity contribution is 0.101. The summed E-state index contributed by atoms with van der Waals surface area (Å²) in [6.45, 7) is 6.68. The van der Waals surface area contributed by atoms with Crippen LogP contribution in [0.5, 0.6) is 0 Å². The van der Waals surface area contributed by atoms with Gasteiger partial charge >= 0.3 is 0 Å². The second kappa shape index (κ2) is 9.26. The Labute approximate surface area is 129 Å². The molecular weight excluding hydrogens is 262 g/mol. The molecule has 2 rings (SSSR count). The van der Waals surface area contributed by atoms with Crippen molar-refractivity contribution in [2.45, 2.75) is 84.4 Å². The predicted octanol–water partition coefficient (Wildman–Crippen LogP) is 4.72. The van der Waals surface area contributed by atoms with Crippen LogP contribution in [-0.2, 0) is 17.9 Å². The molecule has 1 fully saturated rings. The van der Waals surface area contributed by atoms with E-state index in [4.69, 9.17) is 9.15 Å². The number of rotatable bonds is 12. The van der Waals surface area contributed by atoms with Crippen LogP contribution in [0.4, 0.5) is 0 Å². The van der Waals surface area contributed by atoms with Crippen LogP contribution < -0.4 is 5.32 Å². The summed E-state index contributed by atoms with van der Waals surface area (Å²) in [6.07, 6.45) is 10.5. The Morgan fingerprint density at radius 2 is 1.95 bits per heavy atom. The Hall–Kier alpha value is -0.800. The van der Waals surface area contributed by atoms with Gasteiger partial charge in [0.05, 0.1) is 6.54 Å². The molecule has 0 saturated heterocycles. The second-order valence-corrected chi connectivity index (χ2v) is 6.29. The van der Waals surface area contributed by atoms with Gasteiger partial charge in [-0.15, -0.1) is 0 Å². The lowest BCUT2D eigenvalue weighted by Gasteiger charge is -2.03. The van der Waals surface area contributed by atoms with E-state index in [1.165, 1.54) is 56.9 Å². The standard InChI is InChI=1S/C18H31NO2/c1-3-4-5-6-7-8-11-20-14-17-12-15(2)18(21-17)13-19-16-9-10-16/h12,16,19H,3-11,13-14H2,1-2H3. The summed E-state index contributed by atoms with van der Waals surface area (Å²) >= 11 is 0. The number of hydrogen-bond donors (Lipinski definition) is 1. The Balaban J connectivity index is 1.54. The fraction of sp³-hybridized carbons (Fsp3) is 0.778. The molecule has 3 heteroatoms. The number of hydrogen-bond acceptors (Lipinski definition) is 3. The van der Waals surface area contributed by atoms with E-state index < -0.39 is 0 Å². The fourth-order valence-electron chi connectivity index (χ4n) is 2.52. The number of nitrogens with one attached hydrogen (secondary N) is 1. The maximum absolute atomic E-state index is 5.86. The maximum Gasteiger partial charge on any atom is 0.130 e. The summed E-state index contributed by atoms with van der Waals surface area (Å²) in [7, 11) is 0. The van der Waals surface area contributed by atoms with Crippen LogP contribution in [0.15, 0.2) is 10.5 Å². The van der Waals surface area contributed by atoms with Gasteiger partial charge in [0.25, 0.3) is 0 Å². The molecule has 0 aromatic carbocycles. The molecule has 1 heterocycles. The highest BCUT2D eigenvalue weighted by atomic mass is 16.5. The van der Waals surface area contributed by atoms with Crippen molar-refractivity contribution in [2.24, 2.45) is 0 Å². The molecule has 0 atom stereocenters. The normalized spacial score (nSPS) is 14.8. The molecule has 21 heavy (non-hydrogen) atoms. The van der Waals surface area contributed by atoms with Crippen molar-refractivity contribution in [3.63, 3.8) is 0 Å². The van der Waals surface area contributed by atoms with E-state index in [1.807, 2.05) is 0 Å². The Morgan fingerprint density at radius 3 is 2.71 bits per heavy atom. The van der Waals surface area contributed by atoms with Crippen molar-refractivity contribution >= 4 is 0 Å². The van der Waals surface area contributed by atoms with Gasteiger partial charge in [-0.25, -0.2) is 0 Å². The van der Waals surface area contributed by atoms with Gasteiger partial charge in [0.2, 0.25) is 0 Å². The van der Waals surface area contributed by atoms with Gasteiger partial charge in [-0.05, 0) is 37.8 Å². The molecule has 0 radical (unpaired) electrons. The van der Waals surface area contributed by atoms with Gasteiger partial charge in [0.1, 0.15) is 18.1 Å². The maximum atomic E-state index is 5.86. The summed E-state index contributed by atoms with van der Waals surface area (Å²) < 4.78 is 11.6. The number of unbranched alkanes of at least 4 members (excludes halogenated alkanes) is 5. The van der Waals surface area contributed by atoms with Crippen LogP contribution in [0.2, 0.25) is 0 Å². The van der Waals surface area contributed by atoms with E-state index in [0.717, 1.165) is 30.7 Å². The van der Waals surface area contributed by atoms with Crippen LogP contribution in [0.3, 0.4) is 0 Å². The summed E-state index contributed by atoms with van der Waals surface area (Å²) in [6, 6.07) is 2.84. The Kier molecular flexibility index (Phi) is 7.31. The molecule has 0 aliphatic heterocycles. The van der Waals surface area contributed by atoms with E-state index in [0.29, 0.717) is 6.61 Å². The van der Waals surface area contributed by atoms with Crippen molar-refractivity contribution in [3.05, 3.63) is 23.2 Å². The lowest BCUT2D eigenvalue weighted by Crippen LogP contribution is -2.15. The zero-order chi connectivity index (χ0) is 14.9. The number of aryl methyl sites for hydroxylation is 1. The zero-order valence-corrected chi connectivity index (χ0v) is 13.7. The van der Waals surface area contributed by atoms with Crippen molar-refractivity contribution in [3.8, 4) is 0 Å². The predicted molar refractivity (Wildman–Crippen MR) is 86.3 cm³/mol. The van der Waals surface area contributed by atoms with E-state index >= 15 is 0 Å². The third kappa shape index (κ3) is 6.66. The Morgan fingerprint density at radius 1 is 1.19 bits per heavy atom. The fourth-order valence-corrected chi connectivity index (χ4v) is 2.52. The number of furan rings is 1. The zero-order valence-electron chi connectivity index (χ0n) is 13.7. The average Bonchev–Trinajstić information content (AvgIpc) is 3.23. The third-order valence-corrected chi connectivity index (χ3v) is 4.09. The highest BCUT2D eigenvalue weighted by molar-refractivity contribution is 5.19. The van der Waals surface area contributed by atoms with E-state index in [9.17, 15) is 0 Å². The first-order valence-electron chi connectivity index (χ1n) is 8.69. The molecule has 1 aromatic heterocycles. The minimum atomic E-state index is 0.610. The topological polar surface area (TPSA) is 34.4 Å². The smallest absolute Gasteiger partial charge is 0.130 e. The van der Waals surface area contributed by atoms with Crippen LogP contribution in [0.1, 0.15) is 75.4 Å². The summed E-state index contributed by atoms with van der Waals surface area (Å²) in [5.41, 5.74) is 1.24. The highest BCUT2D eigenvalue weighted by Gasteiger charge is 2.21. The van der Waals surface area contributed by atoms with Crippen LogP contribution >= 0.6 is 0 Å². The van der Waals surface area contributed by atoms with Gasteiger partial charge in [-0.2, -0.15) is 0 Å². The van der Waals surface area contributed by atoms with Gasteiger partial charge < -0.3 is 14.5 Å². The molecule has 1 saturated carbocycles. The first-order chi connectivity index (χ1) is 10.3. The molecule has 0 spiro atoms. The van der Waals surface area contributed by atoms with Crippen molar-refractivity contribution in [2.75, 3.05) is 6.61 Å². The quantitative estimate of drug-likeness (QED) is 0.566. The molecule has 0 unspecified atom stereocenters. The van der Waals surface area contributed by atoms with Gasteiger partial charge in [0, 0.05) is 12.6 Å². The molecule has 1 aliphatic rings. The summed E-state index contributed by atoms with van der Waals surface area (Å²) in [5.74, 6) is 2.03. The molecule has 0 bridgehead atoms. The SMILES string of the molecule is CCCCCCCCOCc1cc(C)c(CNC2CC2)o1.